The molecule has 136 valence electrons. The molecule has 0 heterocycles. The Balaban J connectivity index is 4.40. The van der Waals surface area contributed by atoms with Gasteiger partial charge in [0.15, 0.2) is 0 Å². The van der Waals surface area contributed by atoms with Gasteiger partial charge in [-0.15, -0.1) is 0 Å². The molecule has 0 aliphatic carbocycles. The van der Waals surface area contributed by atoms with Crippen molar-refractivity contribution in [3.05, 3.63) is 0 Å². The molecule has 0 atom stereocenters. The van der Waals surface area contributed by atoms with E-state index in [0.29, 0.717) is 12.8 Å². The molecule has 0 rings (SSSR count). The summed E-state index contributed by atoms with van der Waals surface area (Å²) in [7, 11) is -4.91. The maximum Gasteiger partial charge on any atom is 0.338 e. The highest BCUT2D eigenvalue weighted by molar-refractivity contribution is 7.88. The third kappa shape index (κ3) is 10.3. The Morgan fingerprint density at radius 1 is 0.826 bits per heavy atom. The fourth-order valence-electron chi connectivity index (χ4n) is 1.89. The highest BCUT2D eigenvalue weighted by Crippen LogP contribution is 2.08. The Bertz CT molecular complexity index is 419. The van der Waals surface area contributed by atoms with E-state index in [4.69, 9.17) is 14.0 Å². The zero-order chi connectivity index (χ0) is 17.7. The summed E-state index contributed by atoms with van der Waals surface area (Å²) in [5, 5.41) is -2.32. The fraction of sp³-hybridized carbons (Fsp3) is 0.867. The van der Waals surface area contributed by atoms with E-state index in [-0.39, 0.29) is 13.2 Å². The van der Waals surface area contributed by atoms with Gasteiger partial charge in [-0.1, -0.05) is 52.4 Å². The molecule has 0 spiro atoms. The van der Waals surface area contributed by atoms with Gasteiger partial charge in [-0.2, -0.15) is 8.42 Å². The Morgan fingerprint density at radius 2 is 1.22 bits per heavy atom. The largest absolute Gasteiger partial charge is 0.464 e. The number of hydrogen-bond acceptors (Lipinski definition) is 6. The molecule has 0 aromatic carbocycles. The highest BCUT2D eigenvalue weighted by Gasteiger charge is 2.41. The number of hydrogen-bond donors (Lipinski definition) is 1. The molecule has 0 unspecified atom stereocenters. The van der Waals surface area contributed by atoms with Gasteiger partial charge in [0.2, 0.25) is 0 Å². The van der Waals surface area contributed by atoms with Crippen LogP contribution in [0.3, 0.4) is 0 Å². The van der Waals surface area contributed by atoms with Gasteiger partial charge < -0.3 is 9.47 Å². The Morgan fingerprint density at radius 3 is 1.52 bits per heavy atom. The molecule has 0 aromatic heterocycles. The van der Waals surface area contributed by atoms with E-state index in [1.807, 2.05) is 13.8 Å². The molecule has 0 radical (unpaired) electrons. The lowest BCUT2D eigenvalue weighted by Gasteiger charge is -2.13. The third-order valence-corrected chi connectivity index (χ3v) is 4.19. The Labute approximate surface area is 138 Å². The van der Waals surface area contributed by atoms with Crippen LogP contribution in [0, 0.1) is 0 Å². The quantitative estimate of drug-likeness (QED) is 0.235. The van der Waals surface area contributed by atoms with E-state index in [1.54, 1.807) is 0 Å². The highest BCUT2D eigenvalue weighted by atomic mass is 32.2. The molecular weight excluding hydrogens is 324 g/mol. The van der Waals surface area contributed by atoms with E-state index >= 15 is 0 Å². The average Bonchev–Trinajstić information content (AvgIpc) is 2.45. The summed E-state index contributed by atoms with van der Waals surface area (Å²) in [4.78, 5) is 23.5. The van der Waals surface area contributed by atoms with Crippen molar-refractivity contribution >= 4 is 22.1 Å². The van der Waals surface area contributed by atoms with Crippen LogP contribution < -0.4 is 0 Å². The minimum absolute atomic E-state index is 0.00856. The molecule has 0 saturated carbocycles. The summed E-state index contributed by atoms with van der Waals surface area (Å²) in [6.45, 7) is 4.07. The summed E-state index contributed by atoms with van der Waals surface area (Å²) in [6.07, 6.45) is 6.77. The first-order valence-electron chi connectivity index (χ1n) is 8.14. The Kier molecular flexibility index (Phi) is 11.7. The molecule has 0 aliphatic rings. The summed E-state index contributed by atoms with van der Waals surface area (Å²) in [6, 6.07) is 0. The molecular formula is C15H28O7S. The number of ether oxygens (including phenoxy) is 2. The summed E-state index contributed by atoms with van der Waals surface area (Å²) >= 11 is 0. The van der Waals surface area contributed by atoms with Gasteiger partial charge in [-0.05, 0) is 12.8 Å². The number of unbranched alkanes of at least 4 members (excludes halogenated alkanes) is 6. The van der Waals surface area contributed by atoms with Crippen molar-refractivity contribution < 1.29 is 32.0 Å². The maximum absolute atomic E-state index is 11.7. The van der Waals surface area contributed by atoms with Crippen LogP contribution in [0.5, 0.6) is 0 Å². The second-order valence-electron chi connectivity index (χ2n) is 5.35. The fourth-order valence-corrected chi connectivity index (χ4v) is 2.52. The lowest BCUT2D eigenvalue weighted by atomic mass is 10.2. The summed E-state index contributed by atoms with van der Waals surface area (Å²) < 4.78 is 41.1. The zero-order valence-electron chi connectivity index (χ0n) is 14.0. The average molecular weight is 352 g/mol. The van der Waals surface area contributed by atoms with Crippen molar-refractivity contribution in [3.63, 3.8) is 0 Å². The predicted octanol–water partition coefficient (Wildman–Crippen LogP) is 2.49. The van der Waals surface area contributed by atoms with Crippen LogP contribution in [-0.2, 0) is 29.2 Å². The van der Waals surface area contributed by atoms with Gasteiger partial charge in [0.25, 0.3) is 15.4 Å². The first kappa shape index (κ1) is 21.9. The van der Waals surface area contributed by atoms with Crippen molar-refractivity contribution in [2.24, 2.45) is 0 Å². The van der Waals surface area contributed by atoms with Crippen molar-refractivity contribution in [3.8, 4) is 0 Å². The first-order chi connectivity index (χ1) is 10.8. The van der Waals surface area contributed by atoms with Crippen LogP contribution in [0.15, 0.2) is 0 Å². The van der Waals surface area contributed by atoms with Crippen molar-refractivity contribution in [1.82, 2.24) is 0 Å². The molecule has 23 heavy (non-hydrogen) atoms. The van der Waals surface area contributed by atoms with Crippen LogP contribution in [0.4, 0.5) is 0 Å². The standard InChI is InChI=1S/C15H28O7S/c1-3-5-7-9-11-21-14(16)13(23(18,19)20)15(17)22-12-10-8-6-4-2/h13H,3-12H2,1-2H3,(H,18,19,20). The number of carbonyl (C=O) groups is 2. The number of rotatable bonds is 13. The normalized spacial score (nSPS) is 11.5. The van der Waals surface area contributed by atoms with Crippen LogP contribution in [0.2, 0.25) is 0 Å². The lowest BCUT2D eigenvalue weighted by molar-refractivity contribution is -0.154. The van der Waals surface area contributed by atoms with E-state index in [9.17, 15) is 18.0 Å². The van der Waals surface area contributed by atoms with E-state index in [2.05, 4.69) is 0 Å². The maximum atomic E-state index is 11.7. The van der Waals surface area contributed by atoms with Crippen molar-refractivity contribution in [2.75, 3.05) is 13.2 Å². The van der Waals surface area contributed by atoms with Gasteiger partial charge in [-0.3, -0.25) is 4.55 Å². The number of carbonyl (C=O) groups excluding carboxylic acids is 2. The van der Waals surface area contributed by atoms with Gasteiger partial charge in [-0.25, -0.2) is 9.59 Å². The summed E-state index contributed by atoms with van der Waals surface area (Å²) in [5.41, 5.74) is 0. The van der Waals surface area contributed by atoms with Crippen LogP contribution in [0.1, 0.15) is 65.2 Å². The van der Waals surface area contributed by atoms with Gasteiger partial charge in [0, 0.05) is 0 Å². The van der Waals surface area contributed by atoms with Gasteiger partial charge in [0.05, 0.1) is 13.2 Å². The second kappa shape index (κ2) is 12.3. The smallest absolute Gasteiger partial charge is 0.338 e. The first-order valence-corrected chi connectivity index (χ1v) is 9.64. The Hall–Kier alpha value is -1.15. The van der Waals surface area contributed by atoms with E-state index in [1.165, 1.54) is 0 Å². The molecule has 0 amide bonds. The third-order valence-electron chi connectivity index (χ3n) is 3.21. The minimum atomic E-state index is -4.91. The molecule has 0 saturated heterocycles. The topological polar surface area (TPSA) is 107 Å². The predicted molar refractivity (Wildman–Crippen MR) is 85.5 cm³/mol. The van der Waals surface area contributed by atoms with Gasteiger partial charge >= 0.3 is 11.9 Å². The summed E-state index contributed by atoms with van der Waals surface area (Å²) in [5.74, 6) is -2.58. The van der Waals surface area contributed by atoms with Crippen LogP contribution >= 0.6 is 0 Å². The minimum Gasteiger partial charge on any atom is -0.464 e. The molecule has 1 N–H and O–H groups in total. The molecule has 7 nitrogen and oxygen atoms in total. The van der Waals surface area contributed by atoms with E-state index in [0.717, 1.165) is 38.5 Å². The SMILES string of the molecule is CCCCCCOC(=O)C(C(=O)OCCCCCC)S(=O)(=O)O. The van der Waals surface area contributed by atoms with Crippen LogP contribution in [-0.4, -0.2) is 43.4 Å². The molecule has 0 aliphatic heterocycles. The molecule has 0 bridgehead atoms. The van der Waals surface area contributed by atoms with Crippen molar-refractivity contribution in [1.29, 1.82) is 0 Å². The zero-order valence-corrected chi connectivity index (χ0v) is 14.8. The molecule has 0 aromatic rings. The monoisotopic (exact) mass is 352 g/mol. The van der Waals surface area contributed by atoms with E-state index < -0.39 is 27.3 Å². The van der Waals surface area contributed by atoms with Crippen molar-refractivity contribution in [2.45, 2.75) is 70.5 Å². The van der Waals surface area contributed by atoms with Gasteiger partial charge in [0.1, 0.15) is 0 Å². The number of esters is 2. The molecule has 0 fully saturated rings. The molecule has 8 heteroatoms. The lowest BCUT2D eigenvalue weighted by Crippen LogP contribution is -2.40. The van der Waals surface area contributed by atoms with Crippen LogP contribution in [0.25, 0.3) is 0 Å². The second-order valence-corrected chi connectivity index (χ2v) is 6.85.